The predicted molar refractivity (Wildman–Crippen MR) is 84.6 cm³/mol. The minimum Gasteiger partial charge on any atom is -0.383 e. The zero-order valence-electron chi connectivity index (χ0n) is 13.6. The average Bonchev–Trinajstić information content (AvgIpc) is 2.54. The number of hydrogen-bond acceptors (Lipinski definition) is 3. The molecule has 0 bridgehead atoms. The molecule has 1 saturated heterocycles. The highest BCUT2D eigenvalue weighted by atomic mass is 16.5. The Labute approximate surface area is 132 Å². The molecule has 2 rings (SSSR count). The van der Waals surface area contributed by atoms with Crippen molar-refractivity contribution in [3.8, 4) is 0 Å². The molecule has 1 aliphatic heterocycles. The maximum atomic E-state index is 12.5. The summed E-state index contributed by atoms with van der Waals surface area (Å²) in [5, 5.41) is 5.96. The summed E-state index contributed by atoms with van der Waals surface area (Å²) in [6.07, 6.45) is 7.01. The van der Waals surface area contributed by atoms with Gasteiger partial charge in [0.1, 0.15) is 0 Å². The molecule has 2 aliphatic rings. The van der Waals surface area contributed by atoms with E-state index < -0.39 is 0 Å². The van der Waals surface area contributed by atoms with Crippen LogP contribution in [0.4, 0.5) is 4.79 Å². The number of methoxy groups -OCH3 is 1. The SMILES string of the molecule is COCCNC(=O)N1CCCCCNC(=O)[C@@H]2CCCC[C@@H]21. The first kappa shape index (κ1) is 17.1. The fourth-order valence-electron chi connectivity index (χ4n) is 3.50. The van der Waals surface area contributed by atoms with Gasteiger partial charge in [-0.1, -0.05) is 12.8 Å². The molecular formula is C16H29N3O3. The Morgan fingerprint density at radius 1 is 1.27 bits per heavy atom. The van der Waals surface area contributed by atoms with Crippen molar-refractivity contribution in [2.45, 2.75) is 51.0 Å². The van der Waals surface area contributed by atoms with Crippen LogP contribution in [-0.2, 0) is 9.53 Å². The van der Waals surface area contributed by atoms with Crippen molar-refractivity contribution in [3.63, 3.8) is 0 Å². The number of nitrogens with zero attached hydrogens (tertiary/aromatic N) is 1. The first-order valence-corrected chi connectivity index (χ1v) is 8.55. The van der Waals surface area contributed by atoms with Gasteiger partial charge in [-0.25, -0.2) is 4.79 Å². The number of carbonyl (C=O) groups is 2. The smallest absolute Gasteiger partial charge is 0.317 e. The summed E-state index contributed by atoms with van der Waals surface area (Å²) in [4.78, 5) is 26.8. The summed E-state index contributed by atoms with van der Waals surface area (Å²) < 4.78 is 4.99. The highest BCUT2D eigenvalue weighted by Crippen LogP contribution is 2.29. The molecule has 0 spiro atoms. The Balaban J connectivity index is 2.07. The van der Waals surface area contributed by atoms with Gasteiger partial charge in [-0.05, 0) is 32.1 Å². The largest absolute Gasteiger partial charge is 0.383 e. The second-order valence-corrected chi connectivity index (χ2v) is 6.23. The van der Waals surface area contributed by atoms with Crippen LogP contribution < -0.4 is 10.6 Å². The van der Waals surface area contributed by atoms with E-state index in [-0.39, 0.29) is 23.9 Å². The van der Waals surface area contributed by atoms with Crippen molar-refractivity contribution in [2.75, 3.05) is 33.4 Å². The first-order valence-electron chi connectivity index (χ1n) is 8.55. The van der Waals surface area contributed by atoms with E-state index >= 15 is 0 Å². The molecule has 0 unspecified atom stereocenters. The van der Waals surface area contributed by atoms with Crippen LogP contribution >= 0.6 is 0 Å². The van der Waals surface area contributed by atoms with Crippen molar-refractivity contribution in [1.29, 1.82) is 0 Å². The molecule has 2 atom stereocenters. The van der Waals surface area contributed by atoms with E-state index in [2.05, 4.69) is 10.6 Å². The lowest BCUT2D eigenvalue weighted by Crippen LogP contribution is -2.54. The van der Waals surface area contributed by atoms with Gasteiger partial charge in [0.25, 0.3) is 0 Å². The van der Waals surface area contributed by atoms with Gasteiger partial charge in [-0.15, -0.1) is 0 Å². The summed E-state index contributed by atoms with van der Waals surface area (Å²) >= 11 is 0. The number of carbonyl (C=O) groups excluding carboxylic acids is 2. The molecule has 0 aromatic heterocycles. The molecule has 2 fully saturated rings. The van der Waals surface area contributed by atoms with E-state index in [1.54, 1.807) is 7.11 Å². The molecule has 0 aromatic carbocycles. The molecular weight excluding hydrogens is 282 g/mol. The van der Waals surface area contributed by atoms with Crippen LogP contribution in [0.5, 0.6) is 0 Å². The van der Waals surface area contributed by atoms with Gasteiger partial charge in [0.05, 0.1) is 12.5 Å². The van der Waals surface area contributed by atoms with E-state index in [9.17, 15) is 9.59 Å². The maximum absolute atomic E-state index is 12.5. The minimum atomic E-state index is -0.0555. The van der Waals surface area contributed by atoms with Crippen LogP contribution in [0.2, 0.25) is 0 Å². The summed E-state index contributed by atoms with van der Waals surface area (Å²) in [6.45, 7) is 2.53. The number of hydrogen-bond donors (Lipinski definition) is 2. The fourth-order valence-corrected chi connectivity index (χ4v) is 3.50. The van der Waals surface area contributed by atoms with Crippen LogP contribution in [0, 0.1) is 5.92 Å². The highest BCUT2D eigenvalue weighted by Gasteiger charge is 2.37. The van der Waals surface area contributed by atoms with Crippen molar-refractivity contribution in [2.24, 2.45) is 5.92 Å². The van der Waals surface area contributed by atoms with Crippen LogP contribution in [0.3, 0.4) is 0 Å². The molecule has 0 aromatic rings. The number of fused-ring (bicyclic) bond motifs is 1. The van der Waals surface area contributed by atoms with Crippen molar-refractivity contribution >= 4 is 11.9 Å². The van der Waals surface area contributed by atoms with Crippen molar-refractivity contribution in [3.05, 3.63) is 0 Å². The lowest BCUT2D eigenvalue weighted by molar-refractivity contribution is -0.128. The number of nitrogens with one attached hydrogen (secondary N) is 2. The molecule has 22 heavy (non-hydrogen) atoms. The lowest BCUT2D eigenvalue weighted by atomic mass is 9.82. The van der Waals surface area contributed by atoms with Crippen LogP contribution in [-0.4, -0.2) is 56.2 Å². The number of amides is 3. The molecule has 2 N–H and O–H groups in total. The van der Waals surface area contributed by atoms with Crippen molar-refractivity contribution < 1.29 is 14.3 Å². The molecule has 1 saturated carbocycles. The molecule has 1 aliphatic carbocycles. The Bertz CT molecular complexity index is 376. The Hall–Kier alpha value is -1.30. The van der Waals surface area contributed by atoms with Gasteiger partial charge in [0, 0.05) is 32.8 Å². The number of ether oxygens (including phenoxy) is 1. The van der Waals surface area contributed by atoms with Gasteiger partial charge in [-0.3, -0.25) is 4.79 Å². The topological polar surface area (TPSA) is 70.7 Å². The molecule has 0 radical (unpaired) electrons. The van der Waals surface area contributed by atoms with Crippen LogP contribution in [0.25, 0.3) is 0 Å². The Morgan fingerprint density at radius 3 is 2.91 bits per heavy atom. The number of urea groups is 1. The minimum absolute atomic E-state index is 0.0365. The standard InChI is InChI=1S/C16H29N3O3/c1-22-12-10-18-16(21)19-11-6-2-5-9-17-15(20)13-7-3-4-8-14(13)19/h13-14H,2-12H2,1H3,(H,17,20)(H,18,21)/t13-,14+/m1/s1. The predicted octanol–water partition coefficient (Wildman–Crippen LogP) is 1.50. The van der Waals surface area contributed by atoms with Crippen LogP contribution in [0.1, 0.15) is 44.9 Å². The zero-order chi connectivity index (χ0) is 15.8. The van der Waals surface area contributed by atoms with E-state index in [1.165, 1.54) is 0 Å². The first-order chi connectivity index (χ1) is 10.7. The monoisotopic (exact) mass is 311 g/mol. The highest BCUT2D eigenvalue weighted by molar-refractivity contribution is 5.81. The summed E-state index contributed by atoms with van der Waals surface area (Å²) in [5.41, 5.74) is 0. The molecule has 1 heterocycles. The maximum Gasteiger partial charge on any atom is 0.317 e. The van der Waals surface area contributed by atoms with E-state index in [0.717, 1.165) is 58.0 Å². The molecule has 6 nitrogen and oxygen atoms in total. The third-order valence-corrected chi connectivity index (χ3v) is 4.68. The second-order valence-electron chi connectivity index (χ2n) is 6.23. The van der Waals surface area contributed by atoms with Gasteiger partial charge in [0.15, 0.2) is 0 Å². The average molecular weight is 311 g/mol. The summed E-state index contributed by atoms with van der Waals surface area (Å²) in [5.74, 6) is 0.0707. The van der Waals surface area contributed by atoms with Gasteiger partial charge in [0.2, 0.25) is 5.91 Å². The van der Waals surface area contributed by atoms with E-state index in [0.29, 0.717) is 13.2 Å². The molecule has 126 valence electrons. The Kier molecular flexibility index (Phi) is 6.96. The van der Waals surface area contributed by atoms with Gasteiger partial charge < -0.3 is 20.3 Å². The van der Waals surface area contributed by atoms with Crippen LogP contribution in [0.15, 0.2) is 0 Å². The Morgan fingerprint density at radius 2 is 2.09 bits per heavy atom. The molecule has 6 heteroatoms. The fraction of sp³-hybridized carbons (Fsp3) is 0.875. The van der Waals surface area contributed by atoms with E-state index in [1.807, 2.05) is 4.90 Å². The van der Waals surface area contributed by atoms with Crippen molar-refractivity contribution in [1.82, 2.24) is 15.5 Å². The number of rotatable bonds is 3. The summed E-state index contributed by atoms with van der Waals surface area (Å²) in [7, 11) is 1.62. The second kappa shape index (κ2) is 8.98. The van der Waals surface area contributed by atoms with E-state index in [4.69, 9.17) is 4.74 Å². The quantitative estimate of drug-likeness (QED) is 0.776. The van der Waals surface area contributed by atoms with Gasteiger partial charge >= 0.3 is 6.03 Å². The van der Waals surface area contributed by atoms with Gasteiger partial charge in [-0.2, -0.15) is 0 Å². The lowest BCUT2D eigenvalue weighted by Gasteiger charge is -2.40. The molecule has 3 amide bonds. The zero-order valence-corrected chi connectivity index (χ0v) is 13.6. The normalized spacial score (nSPS) is 26.8. The summed E-state index contributed by atoms with van der Waals surface area (Å²) in [6, 6.07) is -0.0169. The third-order valence-electron chi connectivity index (χ3n) is 4.68. The third kappa shape index (κ3) is 4.60.